The molecule has 0 saturated carbocycles. The van der Waals surface area contributed by atoms with Crippen molar-refractivity contribution in [1.82, 2.24) is 5.43 Å². The first-order valence-corrected chi connectivity index (χ1v) is 9.91. The molecule has 0 atom stereocenters. The van der Waals surface area contributed by atoms with Crippen molar-refractivity contribution in [2.45, 2.75) is 6.18 Å². The Morgan fingerprint density at radius 2 is 1.50 bits per heavy atom. The first-order chi connectivity index (χ1) is 17.0. The minimum atomic E-state index is -4.53. The van der Waals surface area contributed by atoms with Crippen molar-refractivity contribution in [1.29, 1.82) is 0 Å². The maximum absolute atomic E-state index is 12.6. The second-order valence-electron chi connectivity index (χ2n) is 6.99. The molecule has 0 aliphatic heterocycles. The van der Waals surface area contributed by atoms with Gasteiger partial charge in [0.1, 0.15) is 5.75 Å². The van der Waals surface area contributed by atoms with Gasteiger partial charge in [0.25, 0.3) is 5.69 Å². The molecule has 0 fully saturated rings. The first-order valence-electron chi connectivity index (χ1n) is 9.91. The summed E-state index contributed by atoms with van der Waals surface area (Å²) in [6, 6.07) is 14.3. The lowest BCUT2D eigenvalue weighted by molar-refractivity contribution is -0.384. The van der Waals surface area contributed by atoms with Crippen LogP contribution in [0.1, 0.15) is 21.5 Å². The van der Waals surface area contributed by atoms with E-state index in [1.54, 1.807) is 0 Å². The predicted molar refractivity (Wildman–Crippen MR) is 120 cm³/mol. The molecular formula is C23H15F3N4O6. The van der Waals surface area contributed by atoms with E-state index >= 15 is 0 Å². The van der Waals surface area contributed by atoms with Gasteiger partial charge in [-0.3, -0.25) is 19.7 Å². The van der Waals surface area contributed by atoms with Crippen molar-refractivity contribution in [2.75, 3.05) is 5.32 Å². The molecular weight excluding hydrogens is 485 g/mol. The summed E-state index contributed by atoms with van der Waals surface area (Å²) < 4.78 is 42.9. The van der Waals surface area contributed by atoms with Crippen LogP contribution >= 0.6 is 0 Å². The van der Waals surface area contributed by atoms with Crippen molar-refractivity contribution < 1.29 is 37.2 Å². The maximum Gasteiger partial charge on any atom is 0.416 e. The van der Waals surface area contributed by atoms with Gasteiger partial charge >= 0.3 is 24.0 Å². The number of esters is 1. The Morgan fingerprint density at radius 3 is 2.06 bits per heavy atom. The smallest absolute Gasteiger partial charge is 0.416 e. The molecule has 3 aromatic rings. The minimum absolute atomic E-state index is 0.00834. The van der Waals surface area contributed by atoms with Gasteiger partial charge in [0.2, 0.25) is 0 Å². The van der Waals surface area contributed by atoms with E-state index in [2.05, 4.69) is 10.4 Å². The third-order valence-electron chi connectivity index (χ3n) is 4.46. The number of ether oxygens (including phenoxy) is 1. The van der Waals surface area contributed by atoms with Crippen LogP contribution in [0.15, 0.2) is 77.9 Å². The molecule has 3 aromatic carbocycles. The van der Waals surface area contributed by atoms with Crippen LogP contribution in [0.4, 0.5) is 24.5 Å². The number of benzene rings is 3. The van der Waals surface area contributed by atoms with Gasteiger partial charge in [0.15, 0.2) is 0 Å². The fourth-order valence-electron chi connectivity index (χ4n) is 2.65. The van der Waals surface area contributed by atoms with Crippen molar-refractivity contribution in [3.05, 3.63) is 99.6 Å². The van der Waals surface area contributed by atoms with Gasteiger partial charge in [-0.05, 0) is 66.2 Å². The predicted octanol–water partition coefficient (Wildman–Crippen LogP) is 3.92. The van der Waals surface area contributed by atoms with Crippen LogP contribution in [0.5, 0.6) is 5.75 Å². The summed E-state index contributed by atoms with van der Waals surface area (Å²) in [6.45, 7) is 0. The SMILES string of the molecule is O=C(NN=Cc1ccc(OC(=O)c2ccc([N+](=O)[O-])cc2)cc1)C(=O)Nc1ccc(C(F)(F)F)cc1. The standard InChI is InChI=1S/C23H15F3N4O6/c24-23(25,26)16-5-7-17(8-6-16)28-20(31)21(32)29-27-13-14-1-11-19(12-2-14)36-22(33)15-3-9-18(10-4-15)30(34)35/h1-13H,(H,28,31)(H,29,32). The highest BCUT2D eigenvalue weighted by atomic mass is 19.4. The van der Waals surface area contributed by atoms with Gasteiger partial charge in [-0.25, -0.2) is 10.2 Å². The van der Waals surface area contributed by atoms with E-state index in [9.17, 15) is 37.7 Å². The second kappa shape index (κ2) is 10.9. The number of hydrazone groups is 1. The van der Waals surface area contributed by atoms with E-state index < -0.39 is 34.4 Å². The molecule has 13 heteroatoms. The number of halogens is 3. The Hall–Kier alpha value is -5.07. The quantitative estimate of drug-likeness (QED) is 0.131. The molecule has 0 aromatic heterocycles. The number of non-ortho nitro benzene ring substituents is 1. The van der Waals surface area contributed by atoms with Gasteiger partial charge < -0.3 is 10.1 Å². The normalized spacial score (nSPS) is 11.1. The summed E-state index contributed by atoms with van der Waals surface area (Å²) in [4.78, 5) is 45.9. The Labute approximate surface area is 200 Å². The highest BCUT2D eigenvalue weighted by molar-refractivity contribution is 6.39. The van der Waals surface area contributed by atoms with Gasteiger partial charge in [0.05, 0.1) is 22.3 Å². The van der Waals surface area contributed by atoms with E-state index in [0.29, 0.717) is 5.56 Å². The molecule has 0 radical (unpaired) electrons. The number of nitro benzene ring substituents is 1. The number of carbonyl (C=O) groups excluding carboxylic acids is 3. The number of amides is 2. The lowest BCUT2D eigenvalue weighted by Gasteiger charge is -2.08. The molecule has 2 amide bonds. The van der Waals surface area contributed by atoms with Gasteiger partial charge in [0, 0.05) is 17.8 Å². The zero-order chi connectivity index (χ0) is 26.3. The number of nitrogens with one attached hydrogen (secondary N) is 2. The Morgan fingerprint density at radius 1 is 0.889 bits per heavy atom. The van der Waals surface area contributed by atoms with Crippen LogP contribution in [0.25, 0.3) is 0 Å². The monoisotopic (exact) mass is 500 g/mol. The van der Waals surface area contributed by atoms with Crippen LogP contribution in [-0.4, -0.2) is 28.9 Å². The number of nitro groups is 1. The molecule has 2 N–H and O–H groups in total. The zero-order valence-corrected chi connectivity index (χ0v) is 18.0. The van der Waals surface area contributed by atoms with Crippen molar-refractivity contribution in [3.63, 3.8) is 0 Å². The van der Waals surface area contributed by atoms with Gasteiger partial charge in [-0.15, -0.1) is 0 Å². The molecule has 184 valence electrons. The van der Waals surface area contributed by atoms with E-state index in [0.717, 1.165) is 24.3 Å². The summed E-state index contributed by atoms with van der Waals surface area (Å²) in [6.07, 6.45) is -3.33. The molecule has 0 bridgehead atoms. The summed E-state index contributed by atoms with van der Waals surface area (Å²) in [5.74, 6) is -2.84. The fraction of sp³-hybridized carbons (Fsp3) is 0.0435. The average Bonchev–Trinajstić information content (AvgIpc) is 2.84. The number of rotatable bonds is 6. The van der Waals surface area contributed by atoms with Crippen LogP contribution in [0, 0.1) is 10.1 Å². The largest absolute Gasteiger partial charge is 0.423 e. The summed E-state index contributed by atoms with van der Waals surface area (Å²) >= 11 is 0. The van der Waals surface area contributed by atoms with Crippen molar-refractivity contribution in [3.8, 4) is 5.75 Å². The van der Waals surface area contributed by atoms with Gasteiger partial charge in [-0.1, -0.05) is 0 Å². The molecule has 0 aliphatic rings. The summed E-state index contributed by atoms with van der Waals surface area (Å²) in [5.41, 5.74) is 1.48. The fourth-order valence-corrected chi connectivity index (χ4v) is 2.65. The number of carbonyl (C=O) groups is 3. The van der Waals surface area contributed by atoms with E-state index in [1.165, 1.54) is 54.7 Å². The zero-order valence-electron chi connectivity index (χ0n) is 18.0. The Balaban J connectivity index is 1.49. The summed E-state index contributed by atoms with van der Waals surface area (Å²) in [5, 5.41) is 16.4. The molecule has 10 nitrogen and oxygen atoms in total. The van der Waals surface area contributed by atoms with Crippen LogP contribution in [-0.2, 0) is 15.8 Å². The number of anilines is 1. The molecule has 0 saturated heterocycles. The Bertz CT molecular complexity index is 1310. The second-order valence-corrected chi connectivity index (χ2v) is 6.99. The summed E-state index contributed by atoms with van der Waals surface area (Å²) in [7, 11) is 0. The molecule has 0 heterocycles. The van der Waals surface area contributed by atoms with Crippen LogP contribution in [0.2, 0.25) is 0 Å². The molecule has 0 unspecified atom stereocenters. The molecule has 3 rings (SSSR count). The molecule has 0 spiro atoms. The van der Waals surface area contributed by atoms with Gasteiger partial charge in [-0.2, -0.15) is 18.3 Å². The van der Waals surface area contributed by atoms with E-state index in [4.69, 9.17) is 4.74 Å². The van der Waals surface area contributed by atoms with E-state index in [-0.39, 0.29) is 22.7 Å². The number of hydrogen-bond donors (Lipinski definition) is 2. The first kappa shape index (κ1) is 25.6. The molecule has 36 heavy (non-hydrogen) atoms. The highest BCUT2D eigenvalue weighted by Crippen LogP contribution is 2.29. The number of hydrogen-bond acceptors (Lipinski definition) is 7. The average molecular weight is 500 g/mol. The third kappa shape index (κ3) is 6.96. The van der Waals surface area contributed by atoms with Crippen molar-refractivity contribution >= 4 is 35.4 Å². The Kier molecular flexibility index (Phi) is 7.74. The molecule has 0 aliphatic carbocycles. The minimum Gasteiger partial charge on any atom is -0.423 e. The van der Waals surface area contributed by atoms with Crippen molar-refractivity contribution in [2.24, 2.45) is 5.10 Å². The number of nitrogens with zero attached hydrogens (tertiary/aromatic N) is 2. The van der Waals surface area contributed by atoms with E-state index in [1.807, 2.05) is 5.43 Å². The lowest BCUT2D eigenvalue weighted by atomic mass is 10.2. The topological polar surface area (TPSA) is 140 Å². The van der Waals surface area contributed by atoms with Crippen LogP contribution < -0.4 is 15.5 Å². The van der Waals surface area contributed by atoms with Crippen LogP contribution in [0.3, 0.4) is 0 Å². The number of alkyl halides is 3. The highest BCUT2D eigenvalue weighted by Gasteiger charge is 2.30. The third-order valence-corrected chi connectivity index (χ3v) is 4.46. The lowest BCUT2D eigenvalue weighted by Crippen LogP contribution is -2.32. The maximum atomic E-state index is 12.6.